The molecule has 0 N–H and O–H groups in total. The van der Waals surface area contributed by atoms with Crippen LogP contribution in [0.15, 0.2) is 95.6 Å². The zero-order valence-corrected chi connectivity index (χ0v) is 18.7. The Bertz CT molecular complexity index is 1540. The van der Waals surface area contributed by atoms with Crippen molar-refractivity contribution < 1.29 is 9.59 Å². The molecule has 0 spiro atoms. The first kappa shape index (κ1) is 19.6. The third kappa shape index (κ3) is 3.01. The maximum Gasteiger partial charge on any atom is 0.267 e. The molecule has 5 aromatic rings. The predicted molar refractivity (Wildman–Crippen MR) is 130 cm³/mol. The van der Waals surface area contributed by atoms with E-state index in [4.69, 9.17) is 5.10 Å². The van der Waals surface area contributed by atoms with Crippen LogP contribution in [0.5, 0.6) is 0 Å². The second-order valence-electron chi connectivity index (χ2n) is 7.63. The van der Waals surface area contributed by atoms with E-state index in [-0.39, 0.29) is 17.4 Å². The Labute approximate surface area is 197 Å². The molecule has 0 atom stereocenters. The van der Waals surface area contributed by atoms with Gasteiger partial charge in [-0.3, -0.25) is 9.59 Å². The fraction of sp³-hybridized carbons (Fsp3) is 0. The molecule has 2 amide bonds. The van der Waals surface area contributed by atoms with E-state index in [1.807, 2.05) is 60.7 Å². The number of nitrogens with zero attached hydrogens (tertiary/aromatic N) is 4. The van der Waals surface area contributed by atoms with Crippen LogP contribution in [0, 0.1) is 0 Å². The van der Waals surface area contributed by atoms with Crippen LogP contribution in [0.2, 0.25) is 0 Å². The fourth-order valence-corrected chi connectivity index (χ4v) is 4.43. The summed E-state index contributed by atoms with van der Waals surface area (Å²) in [6, 6.07) is 26.2. The van der Waals surface area contributed by atoms with Crippen LogP contribution in [-0.2, 0) is 0 Å². The second-order valence-corrected chi connectivity index (χ2v) is 8.55. The molecule has 3 heterocycles. The van der Waals surface area contributed by atoms with Crippen molar-refractivity contribution in [3.63, 3.8) is 0 Å². The molecular weight excluding hydrogens is 480 g/mol. The number of halogens is 1. The molecule has 6 nitrogen and oxygen atoms in total. The minimum atomic E-state index is -0.383. The SMILES string of the molecule is O=C1c2cnc3c(c(-c4ccccc4)nn3-c3ccc(Br)cc3)c2C(=O)N1c1ccccc1. The molecule has 0 saturated heterocycles. The van der Waals surface area contributed by atoms with Crippen molar-refractivity contribution in [1.29, 1.82) is 0 Å². The number of para-hydroxylation sites is 1. The smallest absolute Gasteiger partial charge is 0.267 e. The van der Waals surface area contributed by atoms with Crippen LogP contribution in [-0.4, -0.2) is 26.6 Å². The van der Waals surface area contributed by atoms with Crippen molar-refractivity contribution in [2.75, 3.05) is 4.90 Å². The summed E-state index contributed by atoms with van der Waals surface area (Å²) in [7, 11) is 0. The topological polar surface area (TPSA) is 68.1 Å². The van der Waals surface area contributed by atoms with E-state index >= 15 is 0 Å². The molecule has 6 rings (SSSR count). The van der Waals surface area contributed by atoms with Gasteiger partial charge in [-0.1, -0.05) is 64.5 Å². The quantitative estimate of drug-likeness (QED) is 0.304. The van der Waals surface area contributed by atoms with Crippen LogP contribution in [0.25, 0.3) is 28.0 Å². The predicted octanol–water partition coefficient (Wildman–Crippen LogP) is 5.65. The molecule has 0 bridgehead atoms. The number of benzene rings is 3. The molecule has 0 fully saturated rings. The fourth-order valence-electron chi connectivity index (χ4n) is 4.16. The van der Waals surface area contributed by atoms with Gasteiger partial charge in [-0.2, -0.15) is 5.10 Å². The number of carbonyl (C=O) groups is 2. The molecule has 7 heteroatoms. The molecule has 0 radical (unpaired) electrons. The zero-order valence-electron chi connectivity index (χ0n) is 17.1. The Kier molecular flexibility index (Phi) is 4.45. The molecule has 158 valence electrons. The first-order valence-electron chi connectivity index (χ1n) is 10.3. The highest BCUT2D eigenvalue weighted by Gasteiger charge is 2.40. The summed E-state index contributed by atoms with van der Waals surface area (Å²) >= 11 is 3.46. The number of rotatable bonds is 3. The normalized spacial score (nSPS) is 13.1. The van der Waals surface area contributed by atoms with Crippen molar-refractivity contribution in [2.45, 2.75) is 0 Å². The van der Waals surface area contributed by atoms with Crippen molar-refractivity contribution >= 4 is 44.5 Å². The molecule has 1 aliphatic rings. The number of carbonyl (C=O) groups excluding carboxylic acids is 2. The zero-order chi connectivity index (χ0) is 22.5. The highest BCUT2D eigenvalue weighted by atomic mass is 79.9. The van der Waals surface area contributed by atoms with Crippen molar-refractivity contribution in [3.8, 4) is 16.9 Å². The van der Waals surface area contributed by atoms with Gasteiger partial charge in [-0.25, -0.2) is 14.6 Å². The van der Waals surface area contributed by atoms with Crippen LogP contribution in [0.1, 0.15) is 20.7 Å². The first-order chi connectivity index (χ1) is 16.1. The summed E-state index contributed by atoms with van der Waals surface area (Å²) in [5, 5.41) is 5.42. The Morgan fingerprint density at radius 2 is 1.39 bits per heavy atom. The maximum absolute atomic E-state index is 13.6. The van der Waals surface area contributed by atoms with E-state index < -0.39 is 0 Å². The van der Waals surface area contributed by atoms with E-state index in [1.54, 1.807) is 28.9 Å². The van der Waals surface area contributed by atoms with Crippen molar-refractivity contribution in [1.82, 2.24) is 14.8 Å². The van der Waals surface area contributed by atoms with Gasteiger partial charge in [0, 0.05) is 16.2 Å². The summed E-state index contributed by atoms with van der Waals surface area (Å²) in [6.45, 7) is 0. The maximum atomic E-state index is 13.6. The Balaban J connectivity index is 1.65. The lowest BCUT2D eigenvalue weighted by Crippen LogP contribution is -2.29. The third-order valence-corrected chi connectivity index (χ3v) is 6.21. The molecule has 3 aromatic carbocycles. The first-order valence-corrected chi connectivity index (χ1v) is 11.1. The number of hydrogen-bond donors (Lipinski definition) is 0. The van der Waals surface area contributed by atoms with Gasteiger partial charge in [0.2, 0.25) is 0 Å². The Morgan fingerprint density at radius 1 is 0.727 bits per heavy atom. The van der Waals surface area contributed by atoms with Gasteiger partial charge in [0.25, 0.3) is 11.8 Å². The van der Waals surface area contributed by atoms with Gasteiger partial charge in [-0.05, 0) is 36.4 Å². The van der Waals surface area contributed by atoms with Crippen molar-refractivity contribution in [2.24, 2.45) is 0 Å². The average molecular weight is 495 g/mol. The highest BCUT2D eigenvalue weighted by Crippen LogP contribution is 2.38. The van der Waals surface area contributed by atoms with Gasteiger partial charge < -0.3 is 0 Å². The van der Waals surface area contributed by atoms with E-state index in [2.05, 4.69) is 20.9 Å². The Hall–Kier alpha value is -4.10. The lowest BCUT2D eigenvalue weighted by Gasteiger charge is -2.13. The molecule has 33 heavy (non-hydrogen) atoms. The second kappa shape index (κ2) is 7.50. The molecular formula is C26H15BrN4O2. The van der Waals surface area contributed by atoms with Crippen LogP contribution < -0.4 is 4.90 Å². The molecule has 0 unspecified atom stereocenters. The molecule has 0 saturated carbocycles. The number of imide groups is 1. The number of aromatic nitrogens is 3. The lowest BCUT2D eigenvalue weighted by atomic mass is 10.0. The van der Waals surface area contributed by atoms with Gasteiger partial charge in [-0.15, -0.1) is 0 Å². The van der Waals surface area contributed by atoms with E-state index in [0.717, 1.165) is 15.7 Å². The van der Waals surface area contributed by atoms with Gasteiger partial charge in [0.15, 0.2) is 5.65 Å². The lowest BCUT2D eigenvalue weighted by molar-refractivity contribution is 0.0926. The molecule has 1 aliphatic heterocycles. The standard InChI is InChI=1S/C26H15BrN4O2/c27-17-11-13-19(14-12-17)31-24-22(23(29-31)16-7-3-1-4-8-16)21-20(15-28-24)25(32)30(26(21)33)18-9-5-2-6-10-18/h1-15H. The number of amides is 2. The number of fused-ring (bicyclic) bond motifs is 3. The van der Waals surface area contributed by atoms with Gasteiger partial charge in [0.1, 0.15) is 5.69 Å². The minimum absolute atomic E-state index is 0.281. The third-order valence-electron chi connectivity index (χ3n) is 5.68. The number of hydrogen-bond acceptors (Lipinski definition) is 4. The summed E-state index contributed by atoms with van der Waals surface area (Å²) < 4.78 is 2.66. The van der Waals surface area contributed by atoms with Gasteiger partial charge >= 0.3 is 0 Å². The van der Waals surface area contributed by atoms with Crippen LogP contribution in [0.3, 0.4) is 0 Å². The minimum Gasteiger partial charge on any atom is -0.268 e. The molecule has 0 aliphatic carbocycles. The van der Waals surface area contributed by atoms with E-state index in [9.17, 15) is 9.59 Å². The van der Waals surface area contributed by atoms with E-state index in [1.165, 1.54) is 11.1 Å². The van der Waals surface area contributed by atoms with Crippen LogP contribution in [0.4, 0.5) is 5.69 Å². The number of pyridine rings is 1. The summed E-state index contributed by atoms with van der Waals surface area (Å²) in [5.74, 6) is -0.757. The highest BCUT2D eigenvalue weighted by molar-refractivity contribution is 9.10. The monoisotopic (exact) mass is 494 g/mol. The summed E-state index contributed by atoms with van der Waals surface area (Å²) in [6.07, 6.45) is 1.48. The molecule has 2 aromatic heterocycles. The number of anilines is 1. The van der Waals surface area contributed by atoms with Crippen molar-refractivity contribution in [3.05, 3.63) is 107 Å². The van der Waals surface area contributed by atoms with Crippen LogP contribution >= 0.6 is 15.9 Å². The summed E-state index contributed by atoms with van der Waals surface area (Å²) in [5.41, 5.74) is 3.90. The Morgan fingerprint density at radius 3 is 2.09 bits per heavy atom. The van der Waals surface area contributed by atoms with E-state index in [0.29, 0.717) is 28.0 Å². The largest absolute Gasteiger partial charge is 0.268 e. The average Bonchev–Trinajstić information content (AvgIpc) is 3.36. The summed E-state index contributed by atoms with van der Waals surface area (Å²) in [4.78, 5) is 32.7. The van der Waals surface area contributed by atoms with Gasteiger partial charge in [0.05, 0.1) is 27.9 Å².